The highest BCUT2D eigenvalue weighted by atomic mass is 16.2. The fourth-order valence-electron chi connectivity index (χ4n) is 4.23. The first-order chi connectivity index (χ1) is 19.4. The van der Waals surface area contributed by atoms with Crippen LogP contribution in [0, 0.1) is 5.92 Å². The lowest BCUT2D eigenvalue weighted by Crippen LogP contribution is -2.59. The van der Waals surface area contributed by atoms with E-state index >= 15 is 0 Å². The fraction of sp³-hybridized carbons (Fsp3) is 0.581. The number of benzene rings is 1. The Morgan fingerprint density at radius 3 is 1.93 bits per heavy atom. The molecule has 7 N–H and O–H groups in total. The van der Waals surface area contributed by atoms with Gasteiger partial charge in [0.25, 0.3) is 0 Å². The van der Waals surface area contributed by atoms with Crippen molar-refractivity contribution in [3.8, 4) is 0 Å². The fourth-order valence-corrected chi connectivity index (χ4v) is 4.23. The van der Waals surface area contributed by atoms with Crippen molar-refractivity contribution in [1.82, 2.24) is 16.0 Å². The summed E-state index contributed by atoms with van der Waals surface area (Å²) < 4.78 is 0. The minimum atomic E-state index is -1.15. The SMILES string of the molecule is CC[C@H](C)[C@H](NC(=O)[C@@](C)(N)CCC/C=C\CCC[C@](C)(N)C(=O)N[C@H](C=O)Cc1ccccc1)C(=O)NCC=O. The van der Waals surface area contributed by atoms with Gasteiger partial charge in [0, 0.05) is 0 Å². The number of nitrogens with one attached hydrogen (secondary N) is 3. The minimum absolute atomic E-state index is 0.110. The van der Waals surface area contributed by atoms with Gasteiger partial charge in [-0.25, -0.2) is 0 Å². The minimum Gasteiger partial charge on any atom is -0.348 e. The quantitative estimate of drug-likeness (QED) is 0.0905. The van der Waals surface area contributed by atoms with Crippen LogP contribution >= 0.6 is 0 Å². The standard InChI is InChI=1S/C31H49N5O5/c1-5-23(2)26(27(39)34-19-20-37)36-29(41)31(4,33)18-14-9-7-6-8-13-17-30(3,32)28(40)35-25(22-38)21-24-15-11-10-12-16-24/h6-7,10-12,15-16,20,22-23,25-26H,5,8-9,13-14,17-19,21,32-33H2,1-4H3,(H,34,39)(H,35,40)(H,36,41)/b7-6-/t23-,25-,26-,30-,31-/m0/s1. The average Bonchev–Trinajstić information content (AvgIpc) is 2.95. The van der Waals surface area contributed by atoms with Crippen LogP contribution in [0.5, 0.6) is 0 Å². The van der Waals surface area contributed by atoms with E-state index < -0.39 is 35.0 Å². The third-order valence-corrected chi connectivity index (χ3v) is 7.26. The van der Waals surface area contributed by atoms with Crippen molar-refractivity contribution in [3.05, 3.63) is 48.0 Å². The first-order valence-electron chi connectivity index (χ1n) is 14.4. The first-order valence-corrected chi connectivity index (χ1v) is 14.4. The summed E-state index contributed by atoms with van der Waals surface area (Å²) in [4.78, 5) is 60.0. The molecule has 228 valence electrons. The average molecular weight is 572 g/mol. The molecule has 0 saturated carbocycles. The highest BCUT2D eigenvalue weighted by Gasteiger charge is 2.33. The number of carbonyl (C=O) groups is 5. The second-order valence-electron chi connectivity index (χ2n) is 11.2. The highest BCUT2D eigenvalue weighted by Crippen LogP contribution is 2.16. The lowest BCUT2D eigenvalue weighted by atomic mass is 9.92. The molecule has 0 aromatic heterocycles. The number of amides is 3. The van der Waals surface area contributed by atoms with E-state index in [-0.39, 0.29) is 18.4 Å². The number of allylic oxidation sites excluding steroid dienone is 2. The number of aldehydes is 2. The number of hydrogen-bond acceptors (Lipinski definition) is 7. The Bertz CT molecular complexity index is 1010. The van der Waals surface area contributed by atoms with E-state index in [1.54, 1.807) is 13.8 Å². The van der Waals surface area contributed by atoms with Gasteiger partial charge in [-0.1, -0.05) is 62.8 Å². The molecule has 1 aromatic rings. The van der Waals surface area contributed by atoms with E-state index in [1.165, 1.54) is 0 Å². The Balaban J connectivity index is 2.43. The molecule has 0 saturated heterocycles. The van der Waals surface area contributed by atoms with E-state index in [0.29, 0.717) is 44.8 Å². The van der Waals surface area contributed by atoms with Crippen molar-refractivity contribution in [2.75, 3.05) is 6.54 Å². The summed E-state index contributed by atoms with van der Waals surface area (Å²) in [7, 11) is 0. The zero-order valence-corrected chi connectivity index (χ0v) is 25.0. The normalized spacial score (nSPS) is 16.4. The number of rotatable bonds is 20. The molecule has 0 bridgehead atoms. The molecule has 1 rings (SSSR count). The summed E-state index contributed by atoms with van der Waals surface area (Å²) in [6, 6.07) is 8.07. The van der Waals surface area contributed by atoms with Crippen LogP contribution in [0.15, 0.2) is 42.5 Å². The summed E-state index contributed by atoms with van der Waals surface area (Å²) in [5.41, 5.74) is 11.2. The number of unbranched alkanes of at least 4 members (excludes halogenated alkanes) is 2. The van der Waals surface area contributed by atoms with Crippen LogP contribution in [0.4, 0.5) is 0 Å². The number of hydrogen-bond donors (Lipinski definition) is 5. The molecule has 10 nitrogen and oxygen atoms in total. The van der Waals surface area contributed by atoms with Crippen LogP contribution in [0.3, 0.4) is 0 Å². The predicted molar refractivity (Wildman–Crippen MR) is 161 cm³/mol. The van der Waals surface area contributed by atoms with Gasteiger partial charge >= 0.3 is 0 Å². The molecular weight excluding hydrogens is 522 g/mol. The van der Waals surface area contributed by atoms with Gasteiger partial charge in [-0.2, -0.15) is 0 Å². The van der Waals surface area contributed by atoms with E-state index in [1.807, 2.05) is 56.3 Å². The molecule has 0 radical (unpaired) electrons. The smallest absolute Gasteiger partial charge is 0.243 e. The van der Waals surface area contributed by atoms with E-state index in [4.69, 9.17) is 11.5 Å². The number of nitrogens with two attached hydrogens (primary N) is 2. The van der Waals surface area contributed by atoms with Crippen molar-refractivity contribution >= 4 is 30.3 Å². The maximum Gasteiger partial charge on any atom is 0.243 e. The van der Waals surface area contributed by atoms with Crippen molar-refractivity contribution in [2.45, 2.75) is 102 Å². The van der Waals surface area contributed by atoms with Gasteiger partial charge in [0.15, 0.2) is 0 Å². The summed E-state index contributed by atoms with van der Waals surface area (Å²) in [5, 5.41) is 8.02. The van der Waals surface area contributed by atoms with E-state index in [9.17, 15) is 24.0 Å². The molecule has 0 fully saturated rings. The molecule has 3 amide bonds. The molecule has 0 aliphatic carbocycles. The number of carbonyl (C=O) groups excluding carboxylic acids is 5. The van der Waals surface area contributed by atoms with Crippen LogP contribution in [0.2, 0.25) is 0 Å². The summed E-state index contributed by atoms with van der Waals surface area (Å²) in [5.74, 6) is -1.28. The second-order valence-corrected chi connectivity index (χ2v) is 11.2. The van der Waals surface area contributed by atoms with Gasteiger partial charge < -0.3 is 37.0 Å². The monoisotopic (exact) mass is 571 g/mol. The van der Waals surface area contributed by atoms with Crippen LogP contribution in [-0.2, 0) is 30.4 Å². The van der Waals surface area contributed by atoms with Gasteiger partial charge in [-0.3, -0.25) is 14.4 Å². The summed E-state index contributed by atoms with van der Waals surface area (Å²) >= 11 is 0. The Kier molecular flexibility index (Phi) is 15.8. The molecule has 10 heteroatoms. The molecule has 0 aliphatic heterocycles. The molecule has 5 atom stereocenters. The van der Waals surface area contributed by atoms with Gasteiger partial charge in [0.2, 0.25) is 17.7 Å². The largest absolute Gasteiger partial charge is 0.348 e. The molecule has 41 heavy (non-hydrogen) atoms. The van der Waals surface area contributed by atoms with Crippen molar-refractivity contribution < 1.29 is 24.0 Å². The van der Waals surface area contributed by atoms with Gasteiger partial charge in [-0.15, -0.1) is 0 Å². The van der Waals surface area contributed by atoms with Crippen LogP contribution < -0.4 is 27.4 Å². The Hall–Kier alpha value is -3.37. The van der Waals surface area contributed by atoms with Crippen molar-refractivity contribution in [2.24, 2.45) is 17.4 Å². The van der Waals surface area contributed by atoms with Gasteiger partial charge in [0.1, 0.15) is 18.6 Å². The van der Waals surface area contributed by atoms with Crippen molar-refractivity contribution in [1.29, 1.82) is 0 Å². The molecular formula is C31H49N5O5. The third-order valence-electron chi connectivity index (χ3n) is 7.26. The lowest BCUT2D eigenvalue weighted by Gasteiger charge is -2.29. The topological polar surface area (TPSA) is 173 Å². The Morgan fingerprint density at radius 1 is 0.902 bits per heavy atom. The van der Waals surface area contributed by atoms with Crippen LogP contribution in [0.25, 0.3) is 0 Å². The predicted octanol–water partition coefficient (Wildman–Crippen LogP) is 2.09. The summed E-state index contributed by atoms with van der Waals surface area (Å²) in [6.07, 6.45) is 10.1. The first kappa shape index (κ1) is 35.7. The molecule has 0 heterocycles. The van der Waals surface area contributed by atoms with Crippen LogP contribution in [-0.4, -0.2) is 60.0 Å². The van der Waals surface area contributed by atoms with Crippen LogP contribution in [0.1, 0.15) is 78.2 Å². The highest BCUT2D eigenvalue weighted by molar-refractivity contribution is 5.92. The van der Waals surface area contributed by atoms with E-state index in [0.717, 1.165) is 24.7 Å². The maximum atomic E-state index is 12.8. The van der Waals surface area contributed by atoms with Gasteiger partial charge in [-0.05, 0) is 70.3 Å². The maximum absolute atomic E-state index is 12.8. The van der Waals surface area contributed by atoms with Gasteiger partial charge in [0.05, 0.1) is 23.7 Å². The van der Waals surface area contributed by atoms with Crippen molar-refractivity contribution in [3.63, 3.8) is 0 Å². The molecule has 1 aromatic carbocycles. The zero-order valence-electron chi connectivity index (χ0n) is 25.0. The third kappa shape index (κ3) is 13.2. The molecule has 0 spiro atoms. The lowest BCUT2D eigenvalue weighted by molar-refractivity contribution is -0.133. The molecule has 0 aliphatic rings. The Morgan fingerprint density at radius 2 is 1.44 bits per heavy atom. The second kappa shape index (κ2) is 18.1. The zero-order chi connectivity index (χ0) is 30.9. The molecule has 0 unspecified atom stereocenters. The summed E-state index contributed by atoms with van der Waals surface area (Å²) in [6.45, 7) is 6.98. The Labute approximate surface area is 244 Å². The van der Waals surface area contributed by atoms with E-state index in [2.05, 4.69) is 16.0 Å².